The predicted molar refractivity (Wildman–Crippen MR) is 63.8 cm³/mol. The number of anilines is 1. The van der Waals surface area contributed by atoms with E-state index in [0.717, 1.165) is 36.9 Å². The molecule has 1 aromatic heterocycles. The van der Waals surface area contributed by atoms with Crippen molar-refractivity contribution in [2.75, 3.05) is 18.5 Å². The normalized spacial score (nSPS) is 14.9. The van der Waals surface area contributed by atoms with E-state index in [4.69, 9.17) is 4.74 Å². The molecule has 88 valence electrons. The molecule has 0 spiro atoms. The lowest BCUT2D eigenvalue weighted by atomic mass is 10.3. The van der Waals surface area contributed by atoms with Crippen molar-refractivity contribution in [1.82, 2.24) is 9.97 Å². The molecule has 1 fully saturated rings. The lowest BCUT2D eigenvalue weighted by molar-refractivity contribution is 0.289. The minimum Gasteiger partial charge on any atom is -0.477 e. The highest BCUT2D eigenvalue weighted by Crippen LogP contribution is 2.32. The standard InChI is InChI=1S/C12H19N3O/c1-3-13-11-9(2)12(15-8-14-11)16-7-6-10-4-5-10/h8,10H,3-7H2,1-2H3,(H,13,14,15). The zero-order chi connectivity index (χ0) is 11.4. The molecule has 16 heavy (non-hydrogen) atoms. The first-order valence-corrected chi connectivity index (χ1v) is 5.99. The van der Waals surface area contributed by atoms with Crippen molar-refractivity contribution in [3.05, 3.63) is 11.9 Å². The number of nitrogens with zero attached hydrogens (tertiary/aromatic N) is 2. The Morgan fingerprint density at radius 2 is 2.25 bits per heavy atom. The molecule has 0 saturated heterocycles. The highest BCUT2D eigenvalue weighted by atomic mass is 16.5. The van der Waals surface area contributed by atoms with Gasteiger partial charge in [0.15, 0.2) is 0 Å². The molecule has 1 heterocycles. The number of rotatable bonds is 6. The van der Waals surface area contributed by atoms with Crippen molar-refractivity contribution < 1.29 is 4.74 Å². The Balaban J connectivity index is 1.93. The van der Waals surface area contributed by atoms with Crippen molar-refractivity contribution >= 4 is 5.82 Å². The Hall–Kier alpha value is -1.32. The van der Waals surface area contributed by atoms with E-state index in [-0.39, 0.29) is 0 Å². The molecule has 0 aromatic carbocycles. The summed E-state index contributed by atoms with van der Waals surface area (Å²) < 4.78 is 5.68. The molecule has 0 bridgehead atoms. The monoisotopic (exact) mass is 221 g/mol. The van der Waals surface area contributed by atoms with Crippen molar-refractivity contribution in [1.29, 1.82) is 0 Å². The Labute approximate surface area is 96.4 Å². The molecule has 1 saturated carbocycles. The van der Waals surface area contributed by atoms with Gasteiger partial charge >= 0.3 is 0 Å². The van der Waals surface area contributed by atoms with Crippen LogP contribution in [0.1, 0.15) is 31.7 Å². The lowest BCUT2D eigenvalue weighted by Gasteiger charge is -2.10. The van der Waals surface area contributed by atoms with Crippen LogP contribution < -0.4 is 10.1 Å². The number of hydrogen-bond donors (Lipinski definition) is 1. The van der Waals surface area contributed by atoms with Gasteiger partial charge in [0.2, 0.25) is 5.88 Å². The second-order valence-electron chi connectivity index (χ2n) is 4.26. The summed E-state index contributed by atoms with van der Waals surface area (Å²) in [6, 6.07) is 0. The average Bonchev–Trinajstić information content (AvgIpc) is 3.08. The van der Waals surface area contributed by atoms with Gasteiger partial charge < -0.3 is 10.1 Å². The van der Waals surface area contributed by atoms with Crippen LogP contribution in [0.15, 0.2) is 6.33 Å². The fourth-order valence-electron chi connectivity index (χ4n) is 1.65. The number of aromatic nitrogens is 2. The second-order valence-corrected chi connectivity index (χ2v) is 4.26. The van der Waals surface area contributed by atoms with Gasteiger partial charge in [0.25, 0.3) is 0 Å². The van der Waals surface area contributed by atoms with E-state index in [1.165, 1.54) is 12.8 Å². The summed E-state index contributed by atoms with van der Waals surface area (Å²) in [5.41, 5.74) is 1.00. The molecule has 4 heteroatoms. The van der Waals surface area contributed by atoms with Gasteiger partial charge in [-0.3, -0.25) is 0 Å². The zero-order valence-corrected chi connectivity index (χ0v) is 9.99. The van der Waals surface area contributed by atoms with Crippen LogP contribution in [0.3, 0.4) is 0 Å². The smallest absolute Gasteiger partial charge is 0.221 e. The molecule has 0 atom stereocenters. The third-order valence-corrected chi connectivity index (χ3v) is 2.84. The first-order chi connectivity index (χ1) is 7.81. The number of ether oxygens (including phenoxy) is 1. The maximum atomic E-state index is 5.68. The van der Waals surface area contributed by atoms with E-state index in [1.807, 2.05) is 6.92 Å². The topological polar surface area (TPSA) is 47.0 Å². The maximum absolute atomic E-state index is 5.68. The van der Waals surface area contributed by atoms with Crippen molar-refractivity contribution in [2.24, 2.45) is 5.92 Å². The van der Waals surface area contributed by atoms with Crippen LogP contribution in [0.2, 0.25) is 0 Å². The van der Waals surface area contributed by atoms with E-state index < -0.39 is 0 Å². The molecular weight excluding hydrogens is 202 g/mol. The molecule has 2 rings (SSSR count). The van der Waals surface area contributed by atoms with Gasteiger partial charge in [-0.25, -0.2) is 9.97 Å². The Morgan fingerprint density at radius 1 is 1.44 bits per heavy atom. The fourth-order valence-corrected chi connectivity index (χ4v) is 1.65. The fraction of sp³-hybridized carbons (Fsp3) is 0.667. The highest BCUT2D eigenvalue weighted by molar-refractivity contribution is 5.47. The van der Waals surface area contributed by atoms with Crippen LogP contribution in [0.5, 0.6) is 5.88 Å². The summed E-state index contributed by atoms with van der Waals surface area (Å²) in [5.74, 6) is 2.49. The van der Waals surface area contributed by atoms with Crippen molar-refractivity contribution in [3.8, 4) is 5.88 Å². The molecule has 1 N–H and O–H groups in total. The SMILES string of the molecule is CCNc1ncnc(OCCC2CC2)c1C. The maximum Gasteiger partial charge on any atom is 0.221 e. The summed E-state index contributed by atoms with van der Waals surface area (Å²) in [4.78, 5) is 8.35. The Kier molecular flexibility index (Phi) is 3.59. The van der Waals surface area contributed by atoms with Crippen LogP contribution in [0.4, 0.5) is 5.82 Å². The van der Waals surface area contributed by atoms with Crippen LogP contribution >= 0.6 is 0 Å². The third kappa shape index (κ3) is 2.84. The molecule has 1 aromatic rings. The van der Waals surface area contributed by atoms with Crippen LogP contribution in [0.25, 0.3) is 0 Å². The van der Waals surface area contributed by atoms with Gasteiger partial charge in [-0.05, 0) is 26.2 Å². The van der Waals surface area contributed by atoms with E-state index in [1.54, 1.807) is 6.33 Å². The van der Waals surface area contributed by atoms with Crippen LogP contribution in [0, 0.1) is 12.8 Å². The molecular formula is C12H19N3O. The van der Waals surface area contributed by atoms with E-state index >= 15 is 0 Å². The summed E-state index contributed by atoms with van der Waals surface area (Å²) in [7, 11) is 0. The van der Waals surface area contributed by atoms with E-state index in [0.29, 0.717) is 5.88 Å². The molecule has 1 aliphatic carbocycles. The molecule has 0 aliphatic heterocycles. The Morgan fingerprint density at radius 3 is 2.94 bits per heavy atom. The van der Waals surface area contributed by atoms with Crippen molar-refractivity contribution in [2.45, 2.75) is 33.1 Å². The summed E-state index contributed by atoms with van der Waals surface area (Å²) in [6.45, 7) is 5.67. The van der Waals surface area contributed by atoms with E-state index in [2.05, 4.69) is 22.2 Å². The van der Waals surface area contributed by atoms with Crippen LogP contribution in [-0.2, 0) is 0 Å². The van der Waals surface area contributed by atoms with Gasteiger partial charge in [-0.2, -0.15) is 0 Å². The summed E-state index contributed by atoms with van der Waals surface area (Å²) in [5, 5.41) is 3.20. The van der Waals surface area contributed by atoms with Gasteiger partial charge in [0.1, 0.15) is 12.1 Å². The second kappa shape index (κ2) is 5.14. The highest BCUT2D eigenvalue weighted by Gasteiger charge is 2.21. The summed E-state index contributed by atoms with van der Waals surface area (Å²) >= 11 is 0. The minimum atomic E-state index is 0.714. The van der Waals surface area contributed by atoms with Gasteiger partial charge in [0.05, 0.1) is 12.2 Å². The predicted octanol–water partition coefficient (Wildman–Crippen LogP) is 2.40. The first kappa shape index (κ1) is 11.2. The van der Waals surface area contributed by atoms with Gasteiger partial charge in [0, 0.05) is 6.54 Å². The molecule has 4 nitrogen and oxygen atoms in total. The largest absolute Gasteiger partial charge is 0.477 e. The molecule has 0 radical (unpaired) electrons. The van der Waals surface area contributed by atoms with Gasteiger partial charge in [-0.15, -0.1) is 0 Å². The average molecular weight is 221 g/mol. The number of nitrogens with one attached hydrogen (secondary N) is 1. The van der Waals surface area contributed by atoms with Crippen LogP contribution in [-0.4, -0.2) is 23.1 Å². The van der Waals surface area contributed by atoms with Gasteiger partial charge in [-0.1, -0.05) is 12.8 Å². The Bertz CT molecular complexity index is 350. The summed E-state index contributed by atoms with van der Waals surface area (Å²) in [6.07, 6.45) is 5.45. The number of hydrogen-bond acceptors (Lipinski definition) is 4. The molecule has 0 unspecified atom stereocenters. The molecule has 0 amide bonds. The van der Waals surface area contributed by atoms with Crippen molar-refractivity contribution in [3.63, 3.8) is 0 Å². The molecule has 1 aliphatic rings. The quantitative estimate of drug-likeness (QED) is 0.801. The third-order valence-electron chi connectivity index (χ3n) is 2.84. The van der Waals surface area contributed by atoms with E-state index in [9.17, 15) is 0 Å². The zero-order valence-electron chi connectivity index (χ0n) is 9.99. The lowest BCUT2D eigenvalue weighted by Crippen LogP contribution is -2.06. The minimum absolute atomic E-state index is 0.714. The first-order valence-electron chi connectivity index (χ1n) is 5.99.